The maximum Gasteiger partial charge on any atom is 0.135 e. The molecule has 0 spiro atoms. The summed E-state index contributed by atoms with van der Waals surface area (Å²) in [6.07, 6.45) is 0. The van der Waals surface area contributed by atoms with Crippen molar-refractivity contribution in [3.8, 4) is 0 Å². The molecule has 0 amide bonds. The van der Waals surface area contributed by atoms with E-state index in [4.69, 9.17) is 4.42 Å². The van der Waals surface area contributed by atoms with E-state index in [2.05, 4.69) is 154 Å². The van der Waals surface area contributed by atoms with Crippen molar-refractivity contribution in [2.24, 2.45) is 0 Å². The summed E-state index contributed by atoms with van der Waals surface area (Å²) in [7, 11) is 0. The largest absolute Gasteiger partial charge is 0.456 e. The highest BCUT2D eigenvalue weighted by Crippen LogP contribution is 2.37. The van der Waals surface area contributed by atoms with Gasteiger partial charge in [0, 0.05) is 43.4 Å². The molecule has 7 aromatic carbocycles. The van der Waals surface area contributed by atoms with E-state index in [0.29, 0.717) is 0 Å². The number of hydrogen-bond donors (Lipinski definition) is 0. The Kier molecular flexibility index (Phi) is 4.32. The van der Waals surface area contributed by atoms with Crippen LogP contribution < -0.4 is 0 Å². The van der Waals surface area contributed by atoms with E-state index < -0.39 is 0 Å². The van der Waals surface area contributed by atoms with Crippen molar-refractivity contribution in [2.45, 2.75) is 0 Å². The highest BCUT2D eigenvalue weighted by Gasteiger charge is 2.14. The Hall–Kier alpha value is -6.06. The van der Waals surface area contributed by atoms with Crippen LogP contribution in [-0.4, -0.2) is 8.80 Å². The van der Waals surface area contributed by atoms with E-state index in [1.54, 1.807) is 0 Å². The molecule has 45 heavy (non-hydrogen) atoms. The van der Waals surface area contributed by atoms with Crippen molar-refractivity contribution >= 4 is 98.1 Å². The lowest BCUT2D eigenvalue weighted by Crippen LogP contribution is -1.85. The number of rotatable bonds is 0. The molecular formula is C42H24N2O. The number of para-hydroxylation sites is 2. The molecule has 208 valence electrons. The number of furan rings is 1. The lowest BCUT2D eigenvalue weighted by molar-refractivity contribution is 0.669. The fraction of sp³-hybridized carbons (Fsp3) is 0. The third kappa shape index (κ3) is 3.09. The zero-order chi connectivity index (χ0) is 29.2. The molecule has 3 heteroatoms. The first-order valence-electron chi connectivity index (χ1n) is 15.4. The molecule has 0 N–H and O–H groups in total. The molecule has 0 radical (unpaired) electrons. The minimum absolute atomic E-state index is 0.894. The van der Waals surface area contributed by atoms with Crippen LogP contribution in [0.5, 0.6) is 0 Å². The Morgan fingerprint density at radius 1 is 0.311 bits per heavy atom. The van der Waals surface area contributed by atoms with E-state index in [-0.39, 0.29) is 0 Å². The molecule has 10 bridgehead atoms. The summed E-state index contributed by atoms with van der Waals surface area (Å²) >= 11 is 0. The normalized spacial score (nSPS) is 12.4. The van der Waals surface area contributed by atoms with Gasteiger partial charge in [0.15, 0.2) is 0 Å². The average Bonchev–Trinajstić information content (AvgIpc) is 3.74. The summed E-state index contributed by atoms with van der Waals surface area (Å²) in [6, 6.07) is 53.4. The van der Waals surface area contributed by atoms with Crippen LogP contribution in [0.25, 0.3) is 98.1 Å². The molecule has 0 unspecified atom stereocenters. The quantitative estimate of drug-likeness (QED) is 0.177. The van der Waals surface area contributed by atoms with Crippen LogP contribution in [-0.2, 0) is 0 Å². The van der Waals surface area contributed by atoms with Gasteiger partial charge < -0.3 is 13.2 Å². The highest BCUT2D eigenvalue weighted by molar-refractivity contribution is 6.14. The zero-order valence-electron chi connectivity index (χ0n) is 24.2. The van der Waals surface area contributed by atoms with Gasteiger partial charge in [0.25, 0.3) is 0 Å². The second-order valence-electron chi connectivity index (χ2n) is 12.2. The molecule has 0 aliphatic carbocycles. The van der Waals surface area contributed by atoms with Gasteiger partial charge in [0.05, 0.1) is 22.1 Å². The lowest BCUT2D eigenvalue weighted by Gasteiger charge is -2.02. The van der Waals surface area contributed by atoms with Gasteiger partial charge in [-0.05, 0) is 88.3 Å². The fourth-order valence-corrected chi connectivity index (χ4v) is 7.77. The van der Waals surface area contributed by atoms with Crippen LogP contribution in [0.1, 0.15) is 0 Å². The number of nitrogens with zero attached hydrogens (tertiary/aromatic N) is 2. The van der Waals surface area contributed by atoms with Crippen LogP contribution >= 0.6 is 0 Å². The van der Waals surface area contributed by atoms with Gasteiger partial charge in [-0.15, -0.1) is 0 Å². The summed E-state index contributed by atoms with van der Waals surface area (Å²) in [6.45, 7) is 0. The Labute approximate surface area is 256 Å². The molecule has 4 heterocycles. The molecule has 0 atom stereocenters. The van der Waals surface area contributed by atoms with E-state index in [1.807, 2.05) is 0 Å². The van der Waals surface area contributed by atoms with Crippen molar-refractivity contribution < 1.29 is 4.42 Å². The molecule has 0 saturated carbocycles. The summed E-state index contributed by atoms with van der Waals surface area (Å²) < 4.78 is 11.2. The minimum Gasteiger partial charge on any atom is -0.456 e. The molecule has 0 aliphatic rings. The predicted octanol–water partition coefficient (Wildman–Crippen LogP) is 11.6. The topological polar surface area (TPSA) is 22.0 Å². The first-order valence-corrected chi connectivity index (χ1v) is 15.4. The summed E-state index contributed by atoms with van der Waals surface area (Å²) in [4.78, 5) is 0. The lowest BCUT2D eigenvalue weighted by atomic mass is 10.1. The van der Waals surface area contributed by atoms with Crippen molar-refractivity contribution in [2.75, 3.05) is 0 Å². The Balaban J connectivity index is 1.46. The van der Waals surface area contributed by atoms with Crippen molar-refractivity contribution in [1.82, 2.24) is 8.80 Å². The second-order valence-corrected chi connectivity index (χ2v) is 12.2. The highest BCUT2D eigenvalue weighted by atomic mass is 16.3. The van der Waals surface area contributed by atoms with Gasteiger partial charge in [-0.2, -0.15) is 0 Å². The Morgan fingerprint density at radius 2 is 0.778 bits per heavy atom. The van der Waals surface area contributed by atoms with Gasteiger partial charge in [0.2, 0.25) is 0 Å². The van der Waals surface area contributed by atoms with Crippen LogP contribution in [0, 0.1) is 0 Å². The van der Waals surface area contributed by atoms with Gasteiger partial charge in [-0.3, -0.25) is 0 Å². The number of aromatic nitrogens is 2. The third-order valence-electron chi connectivity index (χ3n) is 9.83. The molecule has 11 aromatic rings. The van der Waals surface area contributed by atoms with Crippen LogP contribution in [0.15, 0.2) is 150 Å². The van der Waals surface area contributed by atoms with E-state index in [0.717, 1.165) is 33.0 Å². The van der Waals surface area contributed by atoms with Crippen LogP contribution in [0.3, 0.4) is 0 Å². The zero-order valence-corrected chi connectivity index (χ0v) is 24.2. The summed E-state index contributed by atoms with van der Waals surface area (Å²) in [5.41, 5.74) is 8.81. The second kappa shape index (κ2) is 8.31. The number of fused-ring (bicyclic) bond motifs is 16. The Morgan fingerprint density at radius 3 is 1.31 bits per heavy atom. The standard InChI is InChI=1S/C42H24N2O/c1-3-10-37-31(8-1)33-16-12-27-21-39(33)43(37)29-14-18-41-35(23-29)36-24-30(15-19-42(36)45-41)44-38-11-4-2-9-32(38)34-17-13-28(22-40(34)44)26-7-5-6-25(27)20-26/h1-24H. The maximum atomic E-state index is 6.42. The van der Waals surface area contributed by atoms with E-state index in [1.165, 1.54) is 65.2 Å². The third-order valence-corrected chi connectivity index (χ3v) is 9.83. The smallest absolute Gasteiger partial charge is 0.135 e. The van der Waals surface area contributed by atoms with Crippen molar-refractivity contribution in [3.05, 3.63) is 146 Å². The fourth-order valence-electron chi connectivity index (χ4n) is 7.77. The van der Waals surface area contributed by atoms with Gasteiger partial charge in [0.1, 0.15) is 11.2 Å². The molecular weight excluding hydrogens is 548 g/mol. The van der Waals surface area contributed by atoms with E-state index >= 15 is 0 Å². The SMILES string of the molecule is c1cc2cc(c1)c1ccc3c4ccccc4n(c4ccc5oc6ccc(cc6c5c4)n4c5ccccc5c5ccc2cc54)c3c1. The molecule has 0 fully saturated rings. The summed E-state index contributed by atoms with van der Waals surface area (Å²) in [5.74, 6) is 0. The maximum absolute atomic E-state index is 6.42. The van der Waals surface area contributed by atoms with E-state index in [9.17, 15) is 0 Å². The molecule has 11 rings (SSSR count). The van der Waals surface area contributed by atoms with Gasteiger partial charge in [-0.25, -0.2) is 0 Å². The summed E-state index contributed by atoms with van der Waals surface area (Å²) in [5, 5.41) is 12.0. The van der Waals surface area contributed by atoms with Crippen LogP contribution in [0.2, 0.25) is 0 Å². The Bertz CT molecular complexity index is 2890. The van der Waals surface area contributed by atoms with Crippen molar-refractivity contribution in [1.29, 1.82) is 0 Å². The first kappa shape index (κ1) is 23.4. The van der Waals surface area contributed by atoms with Crippen molar-refractivity contribution in [3.63, 3.8) is 0 Å². The van der Waals surface area contributed by atoms with Gasteiger partial charge in [-0.1, -0.05) is 78.9 Å². The predicted molar refractivity (Wildman–Crippen MR) is 189 cm³/mol. The molecule has 0 saturated heterocycles. The molecule has 3 nitrogen and oxygen atoms in total. The number of hydrogen-bond acceptors (Lipinski definition) is 1. The monoisotopic (exact) mass is 572 g/mol. The van der Waals surface area contributed by atoms with Crippen LogP contribution in [0.4, 0.5) is 0 Å². The number of benzene rings is 7. The minimum atomic E-state index is 0.894. The molecule has 0 aliphatic heterocycles. The van der Waals surface area contributed by atoms with Gasteiger partial charge >= 0.3 is 0 Å². The average molecular weight is 573 g/mol. The molecule has 4 aromatic heterocycles. The first-order chi connectivity index (χ1) is 22.3.